The summed E-state index contributed by atoms with van der Waals surface area (Å²) in [5.41, 5.74) is 1.49. The van der Waals surface area contributed by atoms with Gasteiger partial charge in [-0.25, -0.2) is 0 Å². The van der Waals surface area contributed by atoms with Crippen LogP contribution in [-0.4, -0.2) is 22.1 Å². The van der Waals surface area contributed by atoms with E-state index in [0.29, 0.717) is 11.5 Å². The molecule has 1 atom stereocenters. The molecule has 1 heterocycles. The molecule has 4 nitrogen and oxygen atoms in total. The molecule has 1 aromatic rings. The molecular formula is C12H19N3O. The van der Waals surface area contributed by atoms with Crippen LogP contribution in [0, 0.1) is 12.8 Å². The molecule has 1 unspecified atom stereocenters. The minimum Gasteiger partial charge on any atom is -0.349 e. The average molecular weight is 221 g/mol. The van der Waals surface area contributed by atoms with E-state index in [9.17, 15) is 4.79 Å². The number of hydrogen-bond acceptors (Lipinski definition) is 2. The van der Waals surface area contributed by atoms with E-state index >= 15 is 0 Å². The highest BCUT2D eigenvalue weighted by Crippen LogP contribution is 2.27. The summed E-state index contributed by atoms with van der Waals surface area (Å²) >= 11 is 0. The standard InChI is InChI=1S/C12H19N3O/c1-8(10-5-3-4-6-10)14-12(16)11-7-13-15-9(11)2/h7-8,10H,3-6H2,1-2H3,(H,13,15)(H,14,16). The van der Waals surface area contributed by atoms with Crippen molar-refractivity contribution in [2.75, 3.05) is 0 Å². The molecular weight excluding hydrogens is 202 g/mol. The number of carbonyl (C=O) groups excluding carboxylic acids is 1. The molecule has 1 saturated carbocycles. The summed E-state index contributed by atoms with van der Waals surface area (Å²) in [4.78, 5) is 11.9. The van der Waals surface area contributed by atoms with Gasteiger partial charge in [0.1, 0.15) is 0 Å². The molecule has 1 amide bonds. The third kappa shape index (κ3) is 2.26. The molecule has 0 aromatic carbocycles. The highest BCUT2D eigenvalue weighted by atomic mass is 16.1. The smallest absolute Gasteiger partial charge is 0.254 e. The SMILES string of the molecule is Cc1[nH]ncc1C(=O)NC(C)C1CCCC1. The molecule has 1 aromatic heterocycles. The Balaban J connectivity index is 1.94. The Morgan fingerprint density at radius 2 is 2.25 bits per heavy atom. The number of nitrogens with zero attached hydrogens (tertiary/aromatic N) is 1. The van der Waals surface area contributed by atoms with Crippen molar-refractivity contribution in [1.82, 2.24) is 15.5 Å². The Morgan fingerprint density at radius 1 is 1.56 bits per heavy atom. The number of H-pyrrole nitrogens is 1. The van der Waals surface area contributed by atoms with Gasteiger partial charge in [-0.3, -0.25) is 9.89 Å². The highest BCUT2D eigenvalue weighted by Gasteiger charge is 2.23. The lowest BCUT2D eigenvalue weighted by Gasteiger charge is -2.20. The summed E-state index contributed by atoms with van der Waals surface area (Å²) in [6.45, 7) is 3.96. The first-order valence-corrected chi connectivity index (χ1v) is 5.99. The summed E-state index contributed by atoms with van der Waals surface area (Å²) < 4.78 is 0. The van der Waals surface area contributed by atoms with Crippen LogP contribution in [0.2, 0.25) is 0 Å². The molecule has 0 aliphatic heterocycles. The predicted octanol–water partition coefficient (Wildman–Crippen LogP) is 2.03. The maximum absolute atomic E-state index is 11.9. The minimum absolute atomic E-state index is 0.00866. The Morgan fingerprint density at radius 3 is 2.81 bits per heavy atom. The van der Waals surface area contributed by atoms with Gasteiger partial charge in [-0.2, -0.15) is 5.10 Å². The number of rotatable bonds is 3. The van der Waals surface area contributed by atoms with Gasteiger partial charge >= 0.3 is 0 Å². The van der Waals surface area contributed by atoms with Gasteiger partial charge in [0.05, 0.1) is 11.8 Å². The zero-order chi connectivity index (χ0) is 11.5. The third-order valence-electron chi connectivity index (χ3n) is 3.54. The second-order valence-electron chi connectivity index (χ2n) is 4.72. The number of aromatic nitrogens is 2. The number of aromatic amines is 1. The highest BCUT2D eigenvalue weighted by molar-refractivity contribution is 5.95. The fourth-order valence-electron chi connectivity index (χ4n) is 2.44. The molecule has 1 aliphatic carbocycles. The lowest BCUT2D eigenvalue weighted by molar-refractivity contribution is 0.0926. The van der Waals surface area contributed by atoms with Crippen molar-refractivity contribution in [2.45, 2.75) is 45.6 Å². The van der Waals surface area contributed by atoms with Gasteiger partial charge in [-0.15, -0.1) is 0 Å². The quantitative estimate of drug-likeness (QED) is 0.820. The van der Waals surface area contributed by atoms with Gasteiger partial charge < -0.3 is 5.32 Å². The molecule has 16 heavy (non-hydrogen) atoms. The molecule has 0 radical (unpaired) electrons. The van der Waals surface area contributed by atoms with Gasteiger partial charge in [0.15, 0.2) is 0 Å². The van der Waals surface area contributed by atoms with E-state index in [-0.39, 0.29) is 11.9 Å². The Kier molecular flexibility index (Phi) is 3.27. The zero-order valence-electron chi connectivity index (χ0n) is 9.92. The van der Waals surface area contributed by atoms with E-state index < -0.39 is 0 Å². The zero-order valence-corrected chi connectivity index (χ0v) is 9.92. The molecule has 4 heteroatoms. The molecule has 0 spiro atoms. The molecule has 1 aliphatic rings. The summed E-state index contributed by atoms with van der Waals surface area (Å²) in [5.74, 6) is 0.641. The van der Waals surface area contributed by atoms with Crippen LogP contribution >= 0.6 is 0 Å². The first-order valence-electron chi connectivity index (χ1n) is 5.99. The molecule has 0 saturated heterocycles. The van der Waals surface area contributed by atoms with Crippen molar-refractivity contribution in [2.24, 2.45) is 5.92 Å². The van der Waals surface area contributed by atoms with Crippen LogP contribution in [0.4, 0.5) is 0 Å². The number of carbonyl (C=O) groups is 1. The van der Waals surface area contributed by atoms with Crippen LogP contribution in [0.5, 0.6) is 0 Å². The Labute approximate surface area is 95.8 Å². The second kappa shape index (κ2) is 4.68. The van der Waals surface area contributed by atoms with Crippen LogP contribution in [0.1, 0.15) is 48.7 Å². The third-order valence-corrected chi connectivity index (χ3v) is 3.54. The summed E-state index contributed by atoms with van der Waals surface area (Å²) in [6.07, 6.45) is 6.68. The summed E-state index contributed by atoms with van der Waals surface area (Å²) in [7, 11) is 0. The summed E-state index contributed by atoms with van der Waals surface area (Å²) in [6, 6.07) is 0.268. The number of amides is 1. The molecule has 0 bridgehead atoms. The lowest BCUT2D eigenvalue weighted by Crippen LogP contribution is -2.37. The normalized spacial score (nSPS) is 18.6. The van der Waals surface area contributed by atoms with E-state index in [1.54, 1.807) is 6.20 Å². The van der Waals surface area contributed by atoms with E-state index in [1.165, 1.54) is 25.7 Å². The first kappa shape index (κ1) is 11.2. The van der Waals surface area contributed by atoms with E-state index in [0.717, 1.165) is 5.69 Å². The number of hydrogen-bond donors (Lipinski definition) is 2. The van der Waals surface area contributed by atoms with Crippen molar-refractivity contribution >= 4 is 5.91 Å². The van der Waals surface area contributed by atoms with Crippen LogP contribution < -0.4 is 5.32 Å². The maximum atomic E-state index is 11.9. The topological polar surface area (TPSA) is 57.8 Å². The Bertz CT molecular complexity index is 366. The second-order valence-corrected chi connectivity index (χ2v) is 4.72. The van der Waals surface area contributed by atoms with Crippen molar-refractivity contribution in [1.29, 1.82) is 0 Å². The van der Waals surface area contributed by atoms with E-state index in [4.69, 9.17) is 0 Å². The van der Waals surface area contributed by atoms with Gasteiger partial charge in [0, 0.05) is 11.7 Å². The van der Waals surface area contributed by atoms with Gasteiger partial charge in [-0.05, 0) is 32.6 Å². The maximum Gasteiger partial charge on any atom is 0.254 e. The minimum atomic E-state index is -0.00866. The van der Waals surface area contributed by atoms with Crippen molar-refractivity contribution < 1.29 is 4.79 Å². The number of nitrogens with one attached hydrogen (secondary N) is 2. The average Bonchev–Trinajstić information content (AvgIpc) is 2.86. The van der Waals surface area contributed by atoms with Crippen LogP contribution in [0.25, 0.3) is 0 Å². The fraction of sp³-hybridized carbons (Fsp3) is 0.667. The van der Waals surface area contributed by atoms with Gasteiger partial charge in [0.25, 0.3) is 5.91 Å². The van der Waals surface area contributed by atoms with Crippen molar-refractivity contribution in [3.8, 4) is 0 Å². The van der Waals surface area contributed by atoms with Gasteiger partial charge in [0.2, 0.25) is 0 Å². The fourth-order valence-corrected chi connectivity index (χ4v) is 2.44. The molecule has 1 fully saturated rings. The Hall–Kier alpha value is -1.32. The molecule has 2 N–H and O–H groups in total. The van der Waals surface area contributed by atoms with Gasteiger partial charge in [-0.1, -0.05) is 12.8 Å². The monoisotopic (exact) mass is 221 g/mol. The predicted molar refractivity (Wildman–Crippen MR) is 62.2 cm³/mol. The summed E-state index contributed by atoms with van der Waals surface area (Å²) in [5, 5.41) is 9.71. The van der Waals surface area contributed by atoms with Crippen LogP contribution in [0.15, 0.2) is 6.20 Å². The van der Waals surface area contributed by atoms with E-state index in [1.807, 2.05) is 6.92 Å². The van der Waals surface area contributed by atoms with Crippen molar-refractivity contribution in [3.63, 3.8) is 0 Å². The largest absolute Gasteiger partial charge is 0.349 e. The lowest BCUT2D eigenvalue weighted by atomic mass is 9.99. The molecule has 2 rings (SSSR count). The van der Waals surface area contributed by atoms with Crippen molar-refractivity contribution in [3.05, 3.63) is 17.5 Å². The van der Waals surface area contributed by atoms with E-state index in [2.05, 4.69) is 22.4 Å². The van der Waals surface area contributed by atoms with Crippen LogP contribution in [0.3, 0.4) is 0 Å². The number of aryl methyl sites for hydroxylation is 1. The van der Waals surface area contributed by atoms with Crippen LogP contribution in [-0.2, 0) is 0 Å². The molecule has 88 valence electrons. The first-order chi connectivity index (χ1) is 7.68.